The Labute approximate surface area is 173 Å². The monoisotopic (exact) mass is 406 g/mol. The molecule has 4 aromatic rings. The fourth-order valence-corrected chi connectivity index (χ4v) is 4.02. The molecular formula is C22H22N4O2S. The molecule has 0 aliphatic carbocycles. The topological polar surface area (TPSA) is 81.8 Å². The van der Waals surface area contributed by atoms with Crippen LogP contribution in [0.2, 0.25) is 0 Å². The van der Waals surface area contributed by atoms with Crippen LogP contribution in [0.3, 0.4) is 0 Å². The molecular weight excluding hydrogens is 384 g/mol. The summed E-state index contributed by atoms with van der Waals surface area (Å²) in [5.41, 5.74) is 3.44. The third-order valence-electron chi connectivity index (χ3n) is 4.41. The molecule has 0 bridgehead atoms. The Bertz CT molecular complexity index is 1180. The molecule has 0 amide bonds. The van der Waals surface area contributed by atoms with Crippen LogP contribution in [0.4, 0.5) is 0 Å². The normalized spacial score (nSPS) is 12.3. The Balaban J connectivity index is 0.00000256. The minimum atomic E-state index is -1.14. The second kappa shape index (κ2) is 8.05. The van der Waals surface area contributed by atoms with Gasteiger partial charge < -0.3 is 4.42 Å². The molecule has 2 heterocycles. The van der Waals surface area contributed by atoms with E-state index in [1.165, 1.54) is 0 Å². The Morgan fingerprint density at radius 1 is 0.966 bits per heavy atom. The summed E-state index contributed by atoms with van der Waals surface area (Å²) in [5, 5.41) is 8.31. The largest absolute Gasteiger partial charge is 0.415 e. The standard InChI is InChI=1S/C22H20N4O2S.H2/c1-14(2)29(27)19-12-8-7-11-17(19)18-13-23-15(3)20(24-18)22-26-25-21(28-22)16-9-5-4-6-10-16;/h4-14H,1-3H3;1H. The van der Waals surface area contributed by atoms with Crippen LogP contribution in [0.15, 0.2) is 70.1 Å². The van der Waals surface area contributed by atoms with E-state index in [9.17, 15) is 4.21 Å². The van der Waals surface area contributed by atoms with Crippen molar-refractivity contribution in [2.75, 3.05) is 0 Å². The van der Waals surface area contributed by atoms with Gasteiger partial charge in [-0.2, -0.15) is 0 Å². The maximum atomic E-state index is 12.7. The molecule has 0 N–H and O–H groups in total. The van der Waals surface area contributed by atoms with E-state index in [0.717, 1.165) is 16.0 Å². The first-order valence-electron chi connectivity index (χ1n) is 9.27. The number of rotatable bonds is 5. The van der Waals surface area contributed by atoms with E-state index in [2.05, 4.69) is 15.2 Å². The Morgan fingerprint density at radius 2 is 1.66 bits per heavy atom. The Morgan fingerprint density at radius 3 is 2.41 bits per heavy atom. The lowest BCUT2D eigenvalue weighted by Gasteiger charge is -2.12. The van der Waals surface area contributed by atoms with Gasteiger partial charge in [0.1, 0.15) is 5.69 Å². The summed E-state index contributed by atoms with van der Waals surface area (Å²) in [6, 6.07) is 17.1. The van der Waals surface area contributed by atoms with E-state index in [-0.39, 0.29) is 6.68 Å². The third kappa shape index (κ3) is 3.86. The van der Waals surface area contributed by atoms with Crippen molar-refractivity contribution < 1.29 is 10.1 Å². The minimum Gasteiger partial charge on any atom is -0.415 e. The van der Waals surface area contributed by atoms with Crippen molar-refractivity contribution in [1.29, 1.82) is 0 Å². The van der Waals surface area contributed by atoms with Gasteiger partial charge in [-0.25, -0.2) is 4.98 Å². The smallest absolute Gasteiger partial charge is 0.268 e. The second-order valence-corrected chi connectivity index (χ2v) is 8.79. The second-order valence-electron chi connectivity index (χ2n) is 6.81. The fraction of sp³-hybridized carbons (Fsp3) is 0.182. The zero-order chi connectivity index (χ0) is 20.4. The summed E-state index contributed by atoms with van der Waals surface area (Å²) in [6.07, 6.45) is 1.68. The molecule has 1 unspecified atom stereocenters. The predicted molar refractivity (Wildman–Crippen MR) is 115 cm³/mol. The number of aryl methyl sites for hydroxylation is 1. The van der Waals surface area contributed by atoms with Gasteiger partial charge in [0, 0.05) is 22.7 Å². The number of hydrogen-bond acceptors (Lipinski definition) is 6. The number of hydrogen-bond donors (Lipinski definition) is 0. The highest BCUT2D eigenvalue weighted by atomic mass is 32.2. The molecule has 0 radical (unpaired) electrons. The van der Waals surface area contributed by atoms with Crippen molar-refractivity contribution >= 4 is 10.8 Å². The van der Waals surface area contributed by atoms with Gasteiger partial charge in [-0.05, 0) is 25.1 Å². The van der Waals surface area contributed by atoms with Gasteiger partial charge in [0.25, 0.3) is 5.89 Å². The predicted octanol–water partition coefficient (Wildman–Crippen LogP) is 4.93. The minimum absolute atomic E-state index is 0. The van der Waals surface area contributed by atoms with E-state index in [0.29, 0.717) is 28.9 Å². The molecule has 2 aromatic heterocycles. The summed E-state index contributed by atoms with van der Waals surface area (Å²) >= 11 is 0. The number of aromatic nitrogens is 4. The molecule has 1 atom stereocenters. The first-order valence-corrected chi connectivity index (χ1v) is 10.5. The summed E-state index contributed by atoms with van der Waals surface area (Å²) in [7, 11) is -1.14. The highest BCUT2D eigenvalue weighted by molar-refractivity contribution is 7.85. The summed E-state index contributed by atoms with van der Waals surface area (Å²) in [6.45, 7) is 5.71. The summed E-state index contributed by atoms with van der Waals surface area (Å²) in [4.78, 5) is 9.94. The zero-order valence-corrected chi connectivity index (χ0v) is 17.2. The first kappa shape index (κ1) is 19.1. The lowest BCUT2D eigenvalue weighted by atomic mass is 10.1. The molecule has 0 spiro atoms. The lowest BCUT2D eigenvalue weighted by Crippen LogP contribution is -2.07. The van der Waals surface area contributed by atoms with Crippen molar-refractivity contribution in [3.8, 4) is 34.3 Å². The zero-order valence-electron chi connectivity index (χ0n) is 16.4. The lowest BCUT2D eigenvalue weighted by molar-refractivity contribution is 0.581. The van der Waals surface area contributed by atoms with Crippen LogP contribution in [0, 0.1) is 6.92 Å². The highest BCUT2D eigenvalue weighted by Gasteiger charge is 2.19. The van der Waals surface area contributed by atoms with Gasteiger partial charge in [-0.1, -0.05) is 50.2 Å². The molecule has 6 nitrogen and oxygen atoms in total. The van der Waals surface area contributed by atoms with Crippen LogP contribution in [-0.2, 0) is 10.8 Å². The SMILES string of the molecule is Cc1ncc(-c2ccccc2S(=O)C(C)C)nc1-c1nnc(-c2ccccc2)o1.[HH]. The first-order chi connectivity index (χ1) is 14.0. The fourth-order valence-electron chi connectivity index (χ4n) is 2.91. The average Bonchev–Trinajstić information content (AvgIpc) is 3.24. The van der Waals surface area contributed by atoms with Crippen molar-refractivity contribution in [3.05, 3.63) is 66.5 Å². The molecule has 7 heteroatoms. The number of nitrogens with zero attached hydrogens (tertiary/aromatic N) is 4. The van der Waals surface area contributed by atoms with Crippen LogP contribution in [-0.4, -0.2) is 29.6 Å². The number of benzene rings is 2. The molecule has 0 fully saturated rings. The van der Waals surface area contributed by atoms with Gasteiger partial charge in [-0.3, -0.25) is 9.19 Å². The van der Waals surface area contributed by atoms with Crippen molar-refractivity contribution in [2.24, 2.45) is 0 Å². The van der Waals surface area contributed by atoms with Gasteiger partial charge >= 0.3 is 0 Å². The van der Waals surface area contributed by atoms with Gasteiger partial charge in [-0.15, -0.1) is 10.2 Å². The maximum Gasteiger partial charge on any atom is 0.268 e. The van der Waals surface area contributed by atoms with E-state index in [1.54, 1.807) is 6.20 Å². The molecule has 2 aromatic carbocycles. The van der Waals surface area contributed by atoms with E-state index in [1.807, 2.05) is 75.4 Å². The van der Waals surface area contributed by atoms with Gasteiger partial charge in [0.05, 0.1) is 28.4 Å². The van der Waals surface area contributed by atoms with Crippen LogP contribution in [0.5, 0.6) is 0 Å². The van der Waals surface area contributed by atoms with E-state index < -0.39 is 10.8 Å². The van der Waals surface area contributed by atoms with Crippen molar-refractivity contribution in [3.63, 3.8) is 0 Å². The molecule has 0 aliphatic rings. The van der Waals surface area contributed by atoms with Crippen molar-refractivity contribution in [2.45, 2.75) is 30.9 Å². The van der Waals surface area contributed by atoms with Crippen LogP contribution in [0.25, 0.3) is 34.3 Å². The maximum absolute atomic E-state index is 12.7. The highest BCUT2D eigenvalue weighted by Crippen LogP contribution is 2.29. The summed E-state index contributed by atoms with van der Waals surface area (Å²) in [5.74, 6) is 0.728. The molecule has 148 valence electrons. The Kier molecular flexibility index (Phi) is 5.31. The Hall–Kier alpha value is -3.19. The molecule has 0 saturated carbocycles. The third-order valence-corrected chi connectivity index (χ3v) is 6.06. The van der Waals surface area contributed by atoms with E-state index >= 15 is 0 Å². The van der Waals surface area contributed by atoms with Gasteiger partial charge in [0.15, 0.2) is 0 Å². The van der Waals surface area contributed by atoms with Crippen LogP contribution in [0.1, 0.15) is 21.0 Å². The van der Waals surface area contributed by atoms with Crippen LogP contribution >= 0.6 is 0 Å². The van der Waals surface area contributed by atoms with Crippen LogP contribution < -0.4 is 0 Å². The molecule has 0 aliphatic heterocycles. The molecule has 4 rings (SSSR count). The molecule has 29 heavy (non-hydrogen) atoms. The summed E-state index contributed by atoms with van der Waals surface area (Å²) < 4.78 is 18.6. The quantitative estimate of drug-likeness (QED) is 0.467. The average molecular weight is 407 g/mol. The van der Waals surface area contributed by atoms with E-state index in [4.69, 9.17) is 9.40 Å². The van der Waals surface area contributed by atoms with Crippen molar-refractivity contribution in [1.82, 2.24) is 20.2 Å². The molecule has 0 saturated heterocycles. The van der Waals surface area contributed by atoms with Gasteiger partial charge in [0.2, 0.25) is 5.89 Å².